The van der Waals surface area contributed by atoms with Crippen LogP contribution < -0.4 is 5.32 Å². The van der Waals surface area contributed by atoms with E-state index in [-0.39, 0.29) is 11.6 Å². The highest BCUT2D eigenvalue weighted by molar-refractivity contribution is 6.02. The number of non-ortho nitro benzene ring substituents is 1. The topological polar surface area (TPSA) is 111 Å². The summed E-state index contributed by atoms with van der Waals surface area (Å²) in [4.78, 5) is 31.0. The van der Waals surface area contributed by atoms with E-state index in [4.69, 9.17) is 4.42 Å². The molecule has 0 saturated heterocycles. The summed E-state index contributed by atoms with van der Waals surface area (Å²) in [5.41, 5.74) is 3.03. The molecule has 0 saturated carbocycles. The average molecular weight is 386 g/mol. The number of nitro groups is 1. The SMILES string of the molecule is O=C(/C=C/c1cccc([N+](=O)[O-])c1)Nc1ccc2oc(-c3cccnc3)nc2c1. The Balaban J connectivity index is 1.49. The number of amides is 1. The van der Waals surface area contributed by atoms with Gasteiger partial charge in [0, 0.05) is 36.3 Å². The second-order valence-corrected chi connectivity index (χ2v) is 6.12. The highest BCUT2D eigenvalue weighted by Gasteiger charge is 2.09. The first-order chi connectivity index (χ1) is 14.1. The Bertz CT molecular complexity index is 1230. The smallest absolute Gasteiger partial charge is 0.270 e. The predicted molar refractivity (Wildman–Crippen MR) is 108 cm³/mol. The summed E-state index contributed by atoms with van der Waals surface area (Å²) in [6.07, 6.45) is 6.15. The Kier molecular flexibility index (Phi) is 4.81. The minimum atomic E-state index is -0.482. The Morgan fingerprint density at radius 1 is 1.14 bits per heavy atom. The molecule has 0 aliphatic heterocycles. The molecule has 8 heteroatoms. The molecule has 0 aliphatic carbocycles. The number of nitrogens with one attached hydrogen (secondary N) is 1. The monoisotopic (exact) mass is 386 g/mol. The fraction of sp³-hybridized carbons (Fsp3) is 0. The molecule has 0 bridgehead atoms. The average Bonchev–Trinajstić information content (AvgIpc) is 3.16. The van der Waals surface area contributed by atoms with E-state index in [1.807, 2.05) is 6.07 Å². The lowest BCUT2D eigenvalue weighted by atomic mass is 10.2. The van der Waals surface area contributed by atoms with Gasteiger partial charge in [-0.2, -0.15) is 0 Å². The summed E-state index contributed by atoms with van der Waals surface area (Å²) in [6.45, 7) is 0. The van der Waals surface area contributed by atoms with Crippen LogP contribution >= 0.6 is 0 Å². The maximum Gasteiger partial charge on any atom is 0.270 e. The molecule has 0 radical (unpaired) electrons. The lowest BCUT2D eigenvalue weighted by Crippen LogP contribution is -2.07. The van der Waals surface area contributed by atoms with Crippen molar-refractivity contribution in [2.75, 3.05) is 5.32 Å². The van der Waals surface area contributed by atoms with Crippen molar-refractivity contribution in [2.24, 2.45) is 0 Å². The lowest BCUT2D eigenvalue weighted by molar-refractivity contribution is -0.384. The Hall–Kier alpha value is -4.33. The van der Waals surface area contributed by atoms with Crippen molar-refractivity contribution in [3.63, 3.8) is 0 Å². The number of pyridine rings is 1. The van der Waals surface area contributed by atoms with Crippen LogP contribution in [0.25, 0.3) is 28.6 Å². The van der Waals surface area contributed by atoms with Gasteiger partial charge in [0.15, 0.2) is 5.58 Å². The molecule has 0 spiro atoms. The number of nitrogens with zero attached hydrogens (tertiary/aromatic N) is 3. The second-order valence-electron chi connectivity index (χ2n) is 6.12. The summed E-state index contributed by atoms with van der Waals surface area (Å²) in [7, 11) is 0. The van der Waals surface area contributed by atoms with Gasteiger partial charge in [-0.25, -0.2) is 4.98 Å². The zero-order valence-corrected chi connectivity index (χ0v) is 15.0. The van der Waals surface area contributed by atoms with Crippen LogP contribution in [0.4, 0.5) is 11.4 Å². The van der Waals surface area contributed by atoms with Crippen LogP contribution in [-0.4, -0.2) is 20.8 Å². The maximum absolute atomic E-state index is 12.2. The van der Waals surface area contributed by atoms with E-state index in [9.17, 15) is 14.9 Å². The van der Waals surface area contributed by atoms with Crippen molar-refractivity contribution in [1.29, 1.82) is 0 Å². The number of rotatable bonds is 5. The van der Waals surface area contributed by atoms with Crippen LogP contribution in [0.3, 0.4) is 0 Å². The van der Waals surface area contributed by atoms with E-state index < -0.39 is 4.92 Å². The molecular weight excluding hydrogens is 372 g/mol. The molecule has 4 aromatic rings. The van der Waals surface area contributed by atoms with Gasteiger partial charge in [0.2, 0.25) is 11.8 Å². The number of hydrogen-bond acceptors (Lipinski definition) is 6. The normalized spacial score (nSPS) is 11.0. The quantitative estimate of drug-likeness (QED) is 0.308. The van der Waals surface area contributed by atoms with Crippen molar-refractivity contribution < 1.29 is 14.1 Å². The van der Waals surface area contributed by atoms with Gasteiger partial charge in [-0.05, 0) is 42.0 Å². The molecule has 1 N–H and O–H groups in total. The molecule has 0 atom stereocenters. The van der Waals surface area contributed by atoms with Gasteiger partial charge in [-0.1, -0.05) is 12.1 Å². The fourth-order valence-corrected chi connectivity index (χ4v) is 2.72. The summed E-state index contributed by atoms with van der Waals surface area (Å²) in [6, 6.07) is 14.8. The molecule has 2 heterocycles. The third-order valence-corrected chi connectivity index (χ3v) is 4.07. The number of benzene rings is 2. The minimum absolute atomic E-state index is 0.0338. The van der Waals surface area contributed by atoms with Crippen LogP contribution in [0.15, 0.2) is 77.5 Å². The molecule has 4 rings (SSSR count). The van der Waals surface area contributed by atoms with Crippen LogP contribution in [0.2, 0.25) is 0 Å². The van der Waals surface area contributed by atoms with Crippen molar-refractivity contribution in [1.82, 2.24) is 9.97 Å². The third kappa shape index (κ3) is 4.16. The number of carbonyl (C=O) groups excluding carboxylic acids is 1. The molecule has 8 nitrogen and oxygen atoms in total. The molecule has 0 unspecified atom stereocenters. The first-order valence-electron chi connectivity index (χ1n) is 8.63. The highest BCUT2D eigenvalue weighted by Crippen LogP contribution is 2.25. The summed E-state index contributed by atoms with van der Waals surface area (Å²) in [5.74, 6) is 0.0778. The molecule has 142 valence electrons. The fourth-order valence-electron chi connectivity index (χ4n) is 2.72. The van der Waals surface area contributed by atoms with Crippen molar-refractivity contribution in [3.05, 3.63) is 88.7 Å². The largest absolute Gasteiger partial charge is 0.436 e. The zero-order valence-electron chi connectivity index (χ0n) is 15.0. The van der Waals surface area contributed by atoms with Gasteiger partial charge in [0.1, 0.15) is 5.52 Å². The summed E-state index contributed by atoms with van der Waals surface area (Å²) < 4.78 is 5.72. The Morgan fingerprint density at radius 3 is 2.83 bits per heavy atom. The second kappa shape index (κ2) is 7.73. The number of anilines is 1. The minimum Gasteiger partial charge on any atom is -0.436 e. The van der Waals surface area contributed by atoms with E-state index in [0.717, 1.165) is 5.56 Å². The molecular formula is C21H14N4O4. The van der Waals surface area contributed by atoms with Gasteiger partial charge in [-0.3, -0.25) is 19.9 Å². The Morgan fingerprint density at radius 2 is 2.03 bits per heavy atom. The molecule has 0 fully saturated rings. The summed E-state index contributed by atoms with van der Waals surface area (Å²) >= 11 is 0. The first-order valence-corrected chi connectivity index (χ1v) is 8.63. The number of aromatic nitrogens is 2. The standard InChI is InChI=1S/C21H14N4O4/c26-20(9-6-14-3-1-5-17(11-14)25(27)28)23-16-7-8-19-18(12-16)24-21(29-19)15-4-2-10-22-13-15/h1-13H,(H,23,26)/b9-6+. The number of hydrogen-bond donors (Lipinski definition) is 1. The van der Waals surface area contributed by atoms with Gasteiger partial charge in [0.25, 0.3) is 5.69 Å². The number of nitro benzene ring substituents is 1. The molecule has 2 aromatic heterocycles. The molecule has 1 amide bonds. The lowest BCUT2D eigenvalue weighted by Gasteiger charge is -2.01. The van der Waals surface area contributed by atoms with Crippen molar-refractivity contribution in [3.8, 4) is 11.5 Å². The molecule has 0 aliphatic rings. The first kappa shape index (κ1) is 18.1. The maximum atomic E-state index is 12.2. The molecule has 29 heavy (non-hydrogen) atoms. The van der Waals surface area contributed by atoms with Gasteiger partial charge < -0.3 is 9.73 Å². The predicted octanol–water partition coefficient (Wildman–Crippen LogP) is 4.45. The van der Waals surface area contributed by atoms with E-state index >= 15 is 0 Å². The van der Waals surface area contributed by atoms with E-state index in [2.05, 4.69) is 15.3 Å². The summed E-state index contributed by atoms with van der Waals surface area (Å²) in [5, 5.41) is 13.6. The number of carbonyl (C=O) groups is 1. The van der Waals surface area contributed by atoms with E-state index in [1.165, 1.54) is 24.3 Å². The number of fused-ring (bicyclic) bond motifs is 1. The third-order valence-electron chi connectivity index (χ3n) is 4.07. The van der Waals surface area contributed by atoms with E-state index in [0.29, 0.717) is 28.2 Å². The van der Waals surface area contributed by atoms with Crippen LogP contribution in [-0.2, 0) is 4.79 Å². The van der Waals surface area contributed by atoms with Crippen molar-refractivity contribution in [2.45, 2.75) is 0 Å². The van der Waals surface area contributed by atoms with Gasteiger partial charge in [0.05, 0.1) is 10.5 Å². The zero-order chi connectivity index (χ0) is 20.2. The van der Waals surface area contributed by atoms with Gasteiger partial charge in [-0.15, -0.1) is 0 Å². The van der Waals surface area contributed by atoms with Crippen LogP contribution in [0.1, 0.15) is 5.56 Å². The number of oxazole rings is 1. The van der Waals surface area contributed by atoms with E-state index in [1.54, 1.807) is 48.8 Å². The van der Waals surface area contributed by atoms with Crippen molar-refractivity contribution >= 4 is 34.5 Å². The van der Waals surface area contributed by atoms with Gasteiger partial charge >= 0.3 is 0 Å². The molecule has 2 aromatic carbocycles. The Labute approximate surface area is 164 Å². The van der Waals surface area contributed by atoms with Crippen LogP contribution in [0.5, 0.6) is 0 Å². The highest BCUT2D eigenvalue weighted by atomic mass is 16.6. The van der Waals surface area contributed by atoms with Crippen LogP contribution in [0, 0.1) is 10.1 Å².